The van der Waals surface area contributed by atoms with Gasteiger partial charge < -0.3 is 9.72 Å². The second-order valence-electron chi connectivity index (χ2n) is 5.71. The second-order valence-corrected chi connectivity index (χ2v) is 5.71. The van der Waals surface area contributed by atoms with Crippen LogP contribution in [0.3, 0.4) is 0 Å². The molecule has 0 bridgehead atoms. The molecule has 0 spiro atoms. The minimum atomic E-state index is -3.41. The molecule has 0 radical (unpaired) electrons. The SMILES string of the molecule is COc1ccc(C(F)(F)C(C[N+](=O)[O-])c2c[nH]c3ccccc23)cc1. The summed E-state index contributed by atoms with van der Waals surface area (Å²) in [5, 5.41) is 11.6. The number of H-pyrrole nitrogens is 1. The van der Waals surface area contributed by atoms with Crippen LogP contribution >= 0.6 is 0 Å². The van der Waals surface area contributed by atoms with Crippen LogP contribution in [-0.2, 0) is 5.92 Å². The maximum absolute atomic E-state index is 15.1. The average molecular weight is 346 g/mol. The lowest BCUT2D eigenvalue weighted by Gasteiger charge is -2.24. The minimum Gasteiger partial charge on any atom is -0.497 e. The number of rotatable bonds is 6. The van der Waals surface area contributed by atoms with Crippen molar-refractivity contribution in [2.75, 3.05) is 13.7 Å². The Morgan fingerprint density at radius 2 is 1.88 bits per heavy atom. The van der Waals surface area contributed by atoms with Gasteiger partial charge in [-0.25, -0.2) is 8.78 Å². The highest BCUT2D eigenvalue weighted by molar-refractivity contribution is 5.83. The van der Waals surface area contributed by atoms with E-state index in [0.29, 0.717) is 16.7 Å². The Kier molecular flexibility index (Phi) is 4.39. The lowest BCUT2D eigenvalue weighted by atomic mass is 9.88. The number of hydrogen-bond donors (Lipinski definition) is 1. The van der Waals surface area contributed by atoms with Crippen molar-refractivity contribution in [3.63, 3.8) is 0 Å². The van der Waals surface area contributed by atoms with E-state index in [9.17, 15) is 10.1 Å². The minimum absolute atomic E-state index is 0.230. The number of fused-ring (bicyclic) bond motifs is 1. The van der Waals surface area contributed by atoms with Gasteiger partial charge in [-0.1, -0.05) is 18.2 Å². The summed E-state index contributed by atoms with van der Waals surface area (Å²) in [6.45, 7) is -0.874. The Morgan fingerprint density at radius 1 is 1.20 bits per heavy atom. The summed E-state index contributed by atoms with van der Waals surface area (Å²) < 4.78 is 35.3. The maximum Gasteiger partial charge on any atom is 0.286 e. The number of hydrogen-bond acceptors (Lipinski definition) is 3. The van der Waals surface area contributed by atoms with Crippen LogP contribution in [0.1, 0.15) is 17.0 Å². The molecule has 1 unspecified atom stereocenters. The first-order valence-corrected chi connectivity index (χ1v) is 7.63. The number of alkyl halides is 2. The molecule has 130 valence electrons. The summed E-state index contributed by atoms with van der Waals surface area (Å²) in [7, 11) is 1.44. The van der Waals surface area contributed by atoms with Crippen molar-refractivity contribution in [2.24, 2.45) is 0 Å². The van der Waals surface area contributed by atoms with Crippen molar-refractivity contribution in [2.45, 2.75) is 11.8 Å². The van der Waals surface area contributed by atoms with Crippen LogP contribution in [0.15, 0.2) is 54.7 Å². The molecular weight excluding hydrogens is 330 g/mol. The largest absolute Gasteiger partial charge is 0.497 e. The van der Waals surface area contributed by atoms with Gasteiger partial charge >= 0.3 is 0 Å². The molecule has 0 aliphatic carbocycles. The predicted octanol–water partition coefficient (Wildman–Crippen LogP) is 4.33. The number of ether oxygens (including phenoxy) is 1. The normalized spacial score (nSPS) is 12.9. The third-order valence-corrected chi connectivity index (χ3v) is 4.24. The first-order chi connectivity index (χ1) is 11.9. The Morgan fingerprint density at radius 3 is 2.52 bits per heavy atom. The summed E-state index contributed by atoms with van der Waals surface area (Å²) in [4.78, 5) is 13.3. The van der Waals surface area contributed by atoms with Gasteiger partial charge in [-0.3, -0.25) is 10.1 Å². The highest BCUT2D eigenvalue weighted by Crippen LogP contribution is 2.44. The van der Waals surface area contributed by atoms with E-state index in [-0.39, 0.29) is 11.1 Å². The van der Waals surface area contributed by atoms with Gasteiger partial charge in [0, 0.05) is 27.6 Å². The summed E-state index contributed by atoms with van der Waals surface area (Å²) in [6, 6.07) is 12.2. The van der Waals surface area contributed by atoms with Crippen LogP contribution in [0.2, 0.25) is 0 Å². The summed E-state index contributed by atoms with van der Waals surface area (Å²) in [5.41, 5.74) is 0.606. The van der Waals surface area contributed by atoms with E-state index >= 15 is 8.78 Å². The van der Waals surface area contributed by atoms with Crippen molar-refractivity contribution in [3.05, 3.63) is 76.0 Å². The number of nitrogens with one attached hydrogen (secondary N) is 1. The molecule has 3 aromatic rings. The van der Waals surface area contributed by atoms with Gasteiger partial charge in [-0.2, -0.15) is 0 Å². The van der Waals surface area contributed by atoms with Crippen LogP contribution in [0.4, 0.5) is 8.78 Å². The molecule has 1 atom stereocenters. The Hall–Kier alpha value is -2.96. The topological polar surface area (TPSA) is 68.2 Å². The number of aromatic nitrogens is 1. The van der Waals surface area contributed by atoms with E-state index < -0.39 is 23.3 Å². The van der Waals surface area contributed by atoms with E-state index in [2.05, 4.69) is 4.98 Å². The van der Waals surface area contributed by atoms with Crippen LogP contribution in [-0.4, -0.2) is 23.6 Å². The highest BCUT2D eigenvalue weighted by Gasteiger charge is 2.46. The van der Waals surface area contributed by atoms with Crippen LogP contribution in [0.5, 0.6) is 5.75 Å². The molecule has 1 heterocycles. The molecule has 25 heavy (non-hydrogen) atoms. The third kappa shape index (κ3) is 3.17. The Balaban J connectivity index is 2.09. The summed E-state index contributed by atoms with van der Waals surface area (Å²) in [6.07, 6.45) is 1.43. The van der Waals surface area contributed by atoms with Crippen LogP contribution in [0, 0.1) is 10.1 Å². The number of nitrogens with zero attached hydrogens (tertiary/aromatic N) is 1. The number of nitro groups is 1. The number of aromatic amines is 1. The first-order valence-electron chi connectivity index (χ1n) is 7.63. The van der Waals surface area contributed by atoms with E-state index in [1.807, 2.05) is 0 Å². The van der Waals surface area contributed by atoms with Crippen molar-refractivity contribution in [1.29, 1.82) is 0 Å². The van der Waals surface area contributed by atoms with E-state index in [4.69, 9.17) is 4.74 Å². The number of halogens is 2. The molecule has 0 aliphatic rings. The van der Waals surface area contributed by atoms with Crippen LogP contribution in [0.25, 0.3) is 10.9 Å². The molecule has 0 saturated carbocycles. The first kappa shape index (κ1) is 16.9. The Bertz CT molecular complexity index is 891. The van der Waals surface area contributed by atoms with Gasteiger partial charge in [0.05, 0.1) is 7.11 Å². The summed E-state index contributed by atoms with van der Waals surface area (Å²) >= 11 is 0. The lowest BCUT2D eigenvalue weighted by Crippen LogP contribution is -2.29. The number of benzene rings is 2. The van der Waals surface area contributed by atoms with Crippen LogP contribution < -0.4 is 4.74 Å². The van der Waals surface area contributed by atoms with Gasteiger partial charge in [0.15, 0.2) is 0 Å². The maximum atomic E-state index is 15.1. The second kappa shape index (κ2) is 6.51. The smallest absolute Gasteiger partial charge is 0.286 e. The molecule has 1 aromatic heterocycles. The van der Waals surface area contributed by atoms with Gasteiger partial charge in [0.25, 0.3) is 5.92 Å². The van der Waals surface area contributed by atoms with Gasteiger partial charge in [-0.05, 0) is 35.9 Å². The highest BCUT2D eigenvalue weighted by atomic mass is 19.3. The van der Waals surface area contributed by atoms with Crippen molar-refractivity contribution >= 4 is 10.9 Å². The molecule has 3 rings (SSSR count). The standard InChI is InChI=1S/C18H16F2N2O3/c1-25-13-8-6-12(7-9-13)18(19,20)16(11-22(23)24)15-10-21-17-5-3-2-4-14(15)17/h2-10,16,21H,11H2,1H3. The molecule has 7 heteroatoms. The van der Waals surface area contributed by atoms with Gasteiger partial charge in [-0.15, -0.1) is 0 Å². The lowest BCUT2D eigenvalue weighted by molar-refractivity contribution is -0.488. The fourth-order valence-corrected chi connectivity index (χ4v) is 2.95. The quantitative estimate of drug-likeness (QED) is 0.533. The van der Waals surface area contributed by atoms with Crippen molar-refractivity contribution in [1.82, 2.24) is 4.98 Å². The zero-order valence-corrected chi connectivity index (χ0v) is 13.4. The van der Waals surface area contributed by atoms with E-state index in [1.165, 1.54) is 37.6 Å². The average Bonchev–Trinajstić information content (AvgIpc) is 3.03. The van der Waals surface area contributed by atoms with Gasteiger partial charge in [0.2, 0.25) is 6.54 Å². The number of para-hydroxylation sites is 1. The molecule has 0 saturated heterocycles. The molecule has 5 nitrogen and oxygen atoms in total. The Labute approximate surface area is 142 Å². The van der Waals surface area contributed by atoms with Crippen molar-refractivity contribution in [3.8, 4) is 5.75 Å². The molecule has 0 amide bonds. The molecule has 2 aromatic carbocycles. The number of methoxy groups -OCH3 is 1. The van der Waals surface area contributed by atoms with E-state index in [0.717, 1.165) is 0 Å². The van der Waals surface area contributed by atoms with E-state index in [1.54, 1.807) is 24.3 Å². The molecule has 0 fully saturated rings. The fraction of sp³-hybridized carbons (Fsp3) is 0.222. The molecule has 1 N–H and O–H groups in total. The third-order valence-electron chi connectivity index (χ3n) is 4.24. The monoisotopic (exact) mass is 346 g/mol. The summed E-state index contributed by atoms with van der Waals surface area (Å²) in [5.74, 6) is -4.56. The van der Waals surface area contributed by atoms with Crippen molar-refractivity contribution < 1.29 is 18.4 Å². The van der Waals surface area contributed by atoms with Gasteiger partial charge in [0.1, 0.15) is 11.7 Å². The fourth-order valence-electron chi connectivity index (χ4n) is 2.95. The predicted molar refractivity (Wildman–Crippen MR) is 89.8 cm³/mol. The zero-order chi connectivity index (χ0) is 18.0. The zero-order valence-electron chi connectivity index (χ0n) is 13.4. The molecule has 0 aliphatic heterocycles. The molecular formula is C18H16F2N2O3.